The second kappa shape index (κ2) is 6.58. The third-order valence-electron chi connectivity index (χ3n) is 3.84. The summed E-state index contributed by atoms with van der Waals surface area (Å²) in [6.45, 7) is 0.923. The Kier molecular flexibility index (Phi) is 4.80. The predicted octanol–water partition coefficient (Wildman–Crippen LogP) is 1.31. The molecule has 21 heavy (non-hydrogen) atoms. The molecule has 6 nitrogen and oxygen atoms in total. The molecule has 1 fully saturated rings. The fraction of sp³-hybridized carbons (Fsp3) is 0.467. The highest BCUT2D eigenvalue weighted by Crippen LogP contribution is 2.30. The number of ether oxygens (including phenoxy) is 2. The van der Waals surface area contributed by atoms with Crippen molar-refractivity contribution in [2.24, 2.45) is 5.41 Å². The van der Waals surface area contributed by atoms with E-state index < -0.39 is 11.4 Å². The lowest BCUT2D eigenvalue weighted by atomic mass is 9.80. The quantitative estimate of drug-likeness (QED) is 0.855. The van der Waals surface area contributed by atoms with Crippen LogP contribution in [0.2, 0.25) is 0 Å². The molecule has 1 aromatic carbocycles. The van der Waals surface area contributed by atoms with Crippen LogP contribution < -0.4 is 10.1 Å². The first-order chi connectivity index (χ1) is 10.1. The number of rotatable bonds is 5. The molecule has 0 atom stereocenters. The van der Waals surface area contributed by atoms with E-state index in [1.54, 1.807) is 31.4 Å². The molecule has 0 spiro atoms. The van der Waals surface area contributed by atoms with Crippen molar-refractivity contribution in [3.05, 3.63) is 29.8 Å². The number of aliphatic carboxylic acids is 1. The Bertz CT molecular complexity index is 505. The van der Waals surface area contributed by atoms with Gasteiger partial charge in [-0.15, -0.1) is 0 Å². The molecule has 0 unspecified atom stereocenters. The van der Waals surface area contributed by atoms with Gasteiger partial charge in [-0.05, 0) is 37.1 Å². The second-order valence-electron chi connectivity index (χ2n) is 5.11. The Morgan fingerprint density at radius 2 is 1.90 bits per heavy atom. The monoisotopic (exact) mass is 293 g/mol. The molecule has 0 aromatic heterocycles. The van der Waals surface area contributed by atoms with Crippen LogP contribution >= 0.6 is 0 Å². The fourth-order valence-corrected chi connectivity index (χ4v) is 2.32. The van der Waals surface area contributed by atoms with Crippen LogP contribution in [0.15, 0.2) is 24.3 Å². The normalized spacial score (nSPS) is 17.0. The number of amides is 1. The maximum atomic E-state index is 12.1. The van der Waals surface area contributed by atoms with Gasteiger partial charge in [0.05, 0.1) is 12.5 Å². The first-order valence-corrected chi connectivity index (χ1v) is 6.81. The molecular weight excluding hydrogens is 274 g/mol. The number of hydrogen-bond donors (Lipinski definition) is 2. The summed E-state index contributed by atoms with van der Waals surface area (Å²) >= 11 is 0. The van der Waals surface area contributed by atoms with E-state index in [-0.39, 0.29) is 12.5 Å². The fourth-order valence-electron chi connectivity index (χ4n) is 2.32. The molecule has 0 radical (unpaired) electrons. The maximum Gasteiger partial charge on any atom is 0.311 e. The van der Waals surface area contributed by atoms with Crippen LogP contribution in [0.5, 0.6) is 5.75 Å². The number of methoxy groups -OCH3 is 1. The van der Waals surface area contributed by atoms with Crippen molar-refractivity contribution < 1.29 is 24.2 Å². The minimum atomic E-state index is -0.930. The Balaban J connectivity index is 1.99. The molecule has 1 aromatic rings. The number of benzene rings is 1. The van der Waals surface area contributed by atoms with Crippen LogP contribution in [-0.4, -0.2) is 43.9 Å². The largest absolute Gasteiger partial charge is 0.497 e. The van der Waals surface area contributed by atoms with Gasteiger partial charge in [-0.25, -0.2) is 0 Å². The van der Waals surface area contributed by atoms with E-state index in [2.05, 4.69) is 5.32 Å². The highest BCUT2D eigenvalue weighted by Gasteiger charge is 2.40. The summed E-state index contributed by atoms with van der Waals surface area (Å²) in [6, 6.07) is 6.67. The number of carbonyl (C=O) groups is 2. The molecule has 1 amide bonds. The minimum absolute atomic E-state index is 0.108. The van der Waals surface area contributed by atoms with Gasteiger partial charge in [0.1, 0.15) is 5.75 Å². The van der Waals surface area contributed by atoms with Gasteiger partial charge in [-0.3, -0.25) is 9.59 Å². The Hall–Kier alpha value is -2.08. The second-order valence-corrected chi connectivity index (χ2v) is 5.11. The molecule has 6 heteroatoms. The first-order valence-electron chi connectivity index (χ1n) is 6.81. The maximum absolute atomic E-state index is 12.1. The SMILES string of the molecule is COc1ccc(C(=O)NCC2(C(=O)O)CCOCC2)cc1. The van der Waals surface area contributed by atoms with Gasteiger partial charge >= 0.3 is 5.97 Å². The van der Waals surface area contributed by atoms with E-state index in [4.69, 9.17) is 9.47 Å². The third kappa shape index (κ3) is 3.52. The van der Waals surface area contributed by atoms with Crippen LogP contribution in [0.3, 0.4) is 0 Å². The van der Waals surface area contributed by atoms with Gasteiger partial charge in [0.15, 0.2) is 0 Å². The summed E-state index contributed by atoms with van der Waals surface area (Å²) in [7, 11) is 1.55. The molecule has 2 N–H and O–H groups in total. The van der Waals surface area contributed by atoms with Crippen molar-refractivity contribution in [2.75, 3.05) is 26.9 Å². The van der Waals surface area contributed by atoms with E-state index in [1.165, 1.54) is 0 Å². The summed E-state index contributed by atoms with van der Waals surface area (Å²) in [5.74, 6) is -0.511. The Morgan fingerprint density at radius 3 is 2.43 bits per heavy atom. The number of carbonyl (C=O) groups excluding carboxylic acids is 1. The van der Waals surface area contributed by atoms with E-state index >= 15 is 0 Å². The third-order valence-corrected chi connectivity index (χ3v) is 3.84. The van der Waals surface area contributed by atoms with Crippen molar-refractivity contribution in [1.29, 1.82) is 0 Å². The van der Waals surface area contributed by atoms with Gasteiger partial charge < -0.3 is 19.9 Å². The average Bonchev–Trinajstić information content (AvgIpc) is 2.53. The van der Waals surface area contributed by atoms with Crippen molar-refractivity contribution >= 4 is 11.9 Å². The first kappa shape index (κ1) is 15.3. The molecule has 0 aliphatic carbocycles. The van der Waals surface area contributed by atoms with Crippen molar-refractivity contribution in [3.8, 4) is 5.75 Å². The predicted molar refractivity (Wildman–Crippen MR) is 75.4 cm³/mol. The lowest BCUT2D eigenvalue weighted by Gasteiger charge is -2.33. The molecule has 0 saturated carbocycles. The zero-order valence-electron chi connectivity index (χ0n) is 11.9. The number of nitrogens with one attached hydrogen (secondary N) is 1. The molecule has 114 valence electrons. The van der Waals surface area contributed by atoms with Crippen LogP contribution in [0.4, 0.5) is 0 Å². The van der Waals surface area contributed by atoms with Crippen molar-refractivity contribution in [2.45, 2.75) is 12.8 Å². The lowest BCUT2D eigenvalue weighted by Crippen LogP contribution is -2.46. The number of carboxylic acid groups (broad SMARTS) is 1. The van der Waals surface area contributed by atoms with Crippen LogP contribution in [0, 0.1) is 5.41 Å². The summed E-state index contributed by atoms with van der Waals surface area (Å²) in [4.78, 5) is 23.6. The van der Waals surface area contributed by atoms with E-state index in [0.717, 1.165) is 0 Å². The number of carboxylic acids is 1. The van der Waals surface area contributed by atoms with Crippen molar-refractivity contribution in [1.82, 2.24) is 5.32 Å². The number of hydrogen-bond acceptors (Lipinski definition) is 4. The molecule has 1 aliphatic rings. The average molecular weight is 293 g/mol. The smallest absolute Gasteiger partial charge is 0.311 e. The summed E-state index contributed by atoms with van der Waals surface area (Å²) in [5, 5.41) is 12.1. The molecule has 0 bridgehead atoms. The van der Waals surface area contributed by atoms with Crippen LogP contribution in [0.25, 0.3) is 0 Å². The van der Waals surface area contributed by atoms with Crippen molar-refractivity contribution in [3.63, 3.8) is 0 Å². The Morgan fingerprint density at radius 1 is 1.29 bits per heavy atom. The zero-order chi connectivity index (χ0) is 15.3. The van der Waals surface area contributed by atoms with E-state index in [1.807, 2.05) is 0 Å². The summed E-state index contributed by atoms with van der Waals surface area (Å²) < 4.78 is 10.2. The molecule has 2 rings (SSSR count). The highest BCUT2D eigenvalue weighted by atomic mass is 16.5. The molecular formula is C15H19NO5. The van der Waals surface area contributed by atoms with E-state index in [0.29, 0.717) is 37.4 Å². The molecule has 1 saturated heterocycles. The minimum Gasteiger partial charge on any atom is -0.497 e. The van der Waals surface area contributed by atoms with Crippen LogP contribution in [0.1, 0.15) is 23.2 Å². The van der Waals surface area contributed by atoms with Gasteiger partial charge in [0.2, 0.25) is 0 Å². The zero-order valence-corrected chi connectivity index (χ0v) is 11.9. The van der Waals surface area contributed by atoms with Crippen LogP contribution in [-0.2, 0) is 9.53 Å². The lowest BCUT2D eigenvalue weighted by molar-refractivity contribution is -0.154. The summed E-state index contributed by atoms with van der Waals surface area (Å²) in [6.07, 6.45) is 0.816. The van der Waals surface area contributed by atoms with Gasteiger partial charge in [0, 0.05) is 25.3 Å². The Labute approximate surface area is 123 Å². The van der Waals surface area contributed by atoms with Gasteiger partial charge in [0.25, 0.3) is 5.91 Å². The molecule has 1 heterocycles. The molecule has 1 aliphatic heterocycles. The van der Waals surface area contributed by atoms with Gasteiger partial charge in [-0.2, -0.15) is 0 Å². The van der Waals surface area contributed by atoms with Gasteiger partial charge in [-0.1, -0.05) is 0 Å². The van der Waals surface area contributed by atoms with E-state index in [9.17, 15) is 14.7 Å². The standard InChI is InChI=1S/C15H19NO5/c1-20-12-4-2-11(3-5-12)13(17)16-10-15(14(18)19)6-8-21-9-7-15/h2-5H,6-10H2,1H3,(H,16,17)(H,18,19). The topological polar surface area (TPSA) is 84.9 Å². The highest BCUT2D eigenvalue weighted by molar-refractivity contribution is 5.94. The summed E-state index contributed by atoms with van der Waals surface area (Å²) in [5.41, 5.74) is -0.455.